The van der Waals surface area contributed by atoms with Crippen LogP contribution in [0.1, 0.15) is 12.8 Å². The summed E-state index contributed by atoms with van der Waals surface area (Å²) in [6, 6.07) is 0. The molecule has 5 heteroatoms. The van der Waals surface area contributed by atoms with Crippen molar-refractivity contribution in [2.24, 2.45) is 5.92 Å². The summed E-state index contributed by atoms with van der Waals surface area (Å²) in [6.07, 6.45) is -2.49. The number of nitrogens with zero attached hydrogens (tertiary/aromatic N) is 1. The largest absolute Gasteiger partial charge is 0.391 e. The van der Waals surface area contributed by atoms with Gasteiger partial charge < -0.3 is 4.90 Å². The molecule has 2 nitrogen and oxygen atoms in total. The van der Waals surface area contributed by atoms with Crippen LogP contribution >= 0.6 is 0 Å². The van der Waals surface area contributed by atoms with Crippen LogP contribution in [0, 0.1) is 5.92 Å². The van der Waals surface area contributed by atoms with Crippen LogP contribution in [-0.2, 0) is 4.79 Å². The molecule has 1 heterocycles. The molecule has 69 valence electrons. The fourth-order valence-electron chi connectivity index (χ4n) is 1.30. The Morgan fingerprint density at radius 3 is 2.08 bits per heavy atom. The summed E-state index contributed by atoms with van der Waals surface area (Å²) in [5.74, 6) is -1.23. The average molecular weight is 180 g/mol. The number of piperidine rings is 1. The highest BCUT2D eigenvalue weighted by Gasteiger charge is 2.40. The lowest BCUT2D eigenvalue weighted by molar-refractivity contribution is -0.183. The minimum Gasteiger partial charge on any atom is -0.334 e. The van der Waals surface area contributed by atoms with Crippen LogP contribution in [-0.4, -0.2) is 30.6 Å². The van der Waals surface area contributed by atoms with Crippen LogP contribution in [0.25, 0.3) is 0 Å². The van der Waals surface area contributed by atoms with Crippen LogP contribution in [0.3, 0.4) is 0 Å². The van der Waals surface area contributed by atoms with Gasteiger partial charge in [0.2, 0.25) is 0 Å². The van der Waals surface area contributed by atoms with Crippen LogP contribution in [0.15, 0.2) is 0 Å². The van der Waals surface area contributed by atoms with Crippen molar-refractivity contribution >= 4 is 6.41 Å². The number of rotatable bonds is 1. The van der Waals surface area contributed by atoms with Gasteiger partial charge in [-0.3, -0.25) is 4.79 Å². The Kier molecular flexibility index (Phi) is 2.59. The van der Waals surface area contributed by atoms with Gasteiger partial charge in [0.1, 0.15) is 0 Å². The molecule has 0 aromatic carbocycles. The van der Waals surface area contributed by atoms with Crippen molar-refractivity contribution < 1.29 is 18.0 Å². The Labute approximate surface area is 68.3 Å². The maximum atomic E-state index is 12.1. The number of carbonyl (C=O) groups excluding carboxylic acids is 1. The first-order valence-corrected chi connectivity index (χ1v) is 3.73. The number of hydrogen-bond donors (Lipinski definition) is 0. The minimum atomic E-state index is -4.10. The molecule has 1 aliphatic heterocycles. The number of likely N-dealkylation sites (tertiary alicyclic amines) is 1. The summed E-state index contributed by atoms with van der Waals surface area (Å²) in [6.45, 7) is 0.349. The molecule has 1 radical (unpaired) electrons. The van der Waals surface area contributed by atoms with Gasteiger partial charge in [-0.1, -0.05) is 0 Å². The lowest BCUT2D eigenvalue weighted by Gasteiger charge is -2.29. The number of halogens is 3. The number of amides is 1. The van der Waals surface area contributed by atoms with Gasteiger partial charge in [-0.25, -0.2) is 0 Å². The molecule has 0 unspecified atom stereocenters. The summed E-state index contributed by atoms with van der Waals surface area (Å²) >= 11 is 0. The van der Waals surface area contributed by atoms with Crippen LogP contribution in [0.4, 0.5) is 13.2 Å². The third kappa shape index (κ3) is 2.12. The molecular formula is C7H9F3NO. The van der Waals surface area contributed by atoms with Crippen molar-refractivity contribution in [1.82, 2.24) is 4.90 Å². The van der Waals surface area contributed by atoms with E-state index in [4.69, 9.17) is 0 Å². The van der Waals surface area contributed by atoms with Crippen molar-refractivity contribution in [1.29, 1.82) is 0 Å². The second kappa shape index (κ2) is 3.33. The van der Waals surface area contributed by atoms with Crippen molar-refractivity contribution in [3.05, 3.63) is 0 Å². The Bertz CT molecular complexity index is 161. The first-order chi connectivity index (χ1) is 5.54. The quantitative estimate of drug-likeness (QED) is 0.596. The molecule has 0 aromatic rings. The molecule has 1 rings (SSSR count). The molecule has 0 aromatic heterocycles. The van der Waals surface area contributed by atoms with Crippen molar-refractivity contribution in [2.45, 2.75) is 19.0 Å². The normalized spacial score (nSPS) is 21.1. The third-order valence-electron chi connectivity index (χ3n) is 2.09. The highest BCUT2D eigenvalue weighted by atomic mass is 19.4. The van der Waals surface area contributed by atoms with Gasteiger partial charge in [0, 0.05) is 13.1 Å². The van der Waals surface area contributed by atoms with Crippen molar-refractivity contribution in [3.8, 4) is 0 Å². The van der Waals surface area contributed by atoms with E-state index in [-0.39, 0.29) is 25.9 Å². The lowest BCUT2D eigenvalue weighted by Crippen LogP contribution is -2.38. The van der Waals surface area contributed by atoms with E-state index in [9.17, 15) is 18.0 Å². The summed E-state index contributed by atoms with van der Waals surface area (Å²) < 4.78 is 36.2. The molecule has 1 fully saturated rings. The smallest absolute Gasteiger partial charge is 0.334 e. The van der Waals surface area contributed by atoms with E-state index in [0.717, 1.165) is 0 Å². The Morgan fingerprint density at radius 1 is 1.25 bits per heavy atom. The zero-order valence-corrected chi connectivity index (χ0v) is 6.40. The summed E-state index contributed by atoms with van der Waals surface area (Å²) in [4.78, 5) is 11.3. The molecular weight excluding hydrogens is 171 g/mol. The Hall–Kier alpha value is -0.740. The van der Waals surface area contributed by atoms with Gasteiger partial charge >= 0.3 is 12.6 Å². The molecule has 0 spiro atoms. The Morgan fingerprint density at radius 2 is 1.75 bits per heavy atom. The average Bonchev–Trinajstić information content (AvgIpc) is 2.03. The van der Waals surface area contributed by atoms with E-state index in [2.05, 4.69) is 0 Å². The molecule has 0 N–H and O–H groups in total. The first-order valence-electron chi connectivity index (χ1n) is 3.73. The van der Waals surface area contributed by atoms with E-state index in [1.165, 1.54) is 4.90 Å². The molecule has 0 aliphatic carbocycles. The van der Waals surface area contributed by atoms with Gasteiger partial charge in [0.05, 0.1) is 5.92 Å². The van der Waals surface area contributed by atoms with E-state index < -0.39 is 12.1 Å². The van der Waals surface area contributed by atoms with Gasteiger partial charge in [-0.15, -0.1) is 0 Å². The van der Waals surface area contributed by atoms with Gasteiger partial charge in [0.25, 0.3) is 0 Å². The monoisotopic (exact) mass is 180 g/mol. The molecule has 0 saturated carbocycles. The van der Waals surface area contributed by atoms with Gasteiger partial charge in [0.15, 0.2) is 0 Å². The zero-order valence-electron chi connectivity index (χ0n) is 6.40. The minimum absolute atomic E-state index is 0.0126. The first kappa shape index (κ1) is 9.35. The summed E-state index contributed by atoms with van der Waals surface area (Å²) in [5.41, 5.74) is 0. The van der Waals surface area contributed by atoms with Crippen LogP contribution in [0.2, 0.25) is 0 Å². The van der Waals surface area contributed by atoms with Crippen LogP contribution < -0.4 is 0 Å². The molecule has 0 atom stereocenters. The van der Waals surface area contributed by atoms with E-state index >= 15 is 0 Å². The van der Waals surface area contributed by atoms with Crippen LogP contribution in [0.5, 0.6) is 0 Å². The highest BCUT2D eigenvalue weighted by molar-refractivity contribution is 5.48. The molecule has 0 bridgehead atoms. The number of hydrogen-bond acceptors (Lipinski definition) is 1. The lowest BCUT2D eigenvalue weighted by atomic mass is 9.97. The van der Waals surface area contributed by atoms with Gasteiger partial charge in [-0.2, -0.15) is 13.2 Å². The van der Waals surface area contributed by atoms with Crippen molar-refractivity contribution in [2.75, 3.05) is 13.1 Å². The van der Waals surface area contributed by atoms with Gasteiger partial charge in [-0.05, 0) is 12.8 Å². The maximum Gasteiger partial charge on any atom is 0.391 e. The summed E-state index contributed by atoms with van der Waals surface area (Å²) in [7, 11) is 0. The second-order valence-corrected chi connectivity index (χ2v) is 2.89. The third-order valence-corrected chi connectivity index (χ3v) is 2.09. The SMILES string of the molecule is O=[C]N1CCC(C(F)(F)F)CC1. The fourth-order valence-corrected chi connectivity index (χ4v) is 1.30. The Balaban J connectivity index is 2.41. The topological polar surface area (TPSA) is 20.3 Å². The molecule has 1 aliphatic rings. The standard InChI is InChI=1S/C7H9F3NO/c8-7(9,10)6-1-3-11(5-12)4-2-6/h6H,1-4H2. The molecule has 1 amide bonds. The van der Waals surface area contributed by atoms with E-state index in [0.29, 0.717) is 0 Å². The highest BCUT2D eigenvalue weighted by Crippen LogP contribution is 2.33. The summed E-state index contributed by atoms with van der Waals surface area (Å²) in [5, 5.41) is 0. The molecule has 1 saturated heterocycles. The predicted molar refractivity (Wildman–Crippen MR) is 36.0 cm³/mol. The van der Waals surface area contributed by atoms with E-state index in [1.807, 2.05) is 0 Å². The van der Waals surface area contributed by atoms with E-state index in [1.54, 1.807) is 6.41 Å². The number of alkyl halides is 3. The molecule has 12 heavy (non-hydrogen) atoms. The second-order valence-electron chi connectivity index (χ2n) is 2.89. The predicted octanol–water partition coefficient (Wildman–Crippen LogP) is 1.33. The maximum absolute atomic E-state index is 12.1. The van der Waals surface area contributed by atoms with Crippen molar-refractivity contribution in [3.63, 3.8) is 0 Å². The zero-order chi connectivity index (χ0) is 9.19. The fraction of sp³-hybridized carbons (Fsp3) is 0.857.